The van der Waals surface area contributed by atoms with Crippen LogP contribution in [0, 0.1) is 5.92 Å². The maximum absolute atomic E-state index is 12.1. The van der Waals surface area contributed by atoms with E-state index in [1.54, 1.807) is 13.8 Å². The number of hydrogen-bond donors (Lipinski definition) is 1. The third-order valence-corrected chi connectivity index (χ3v) is 2.67. The molecule has 0 aliphatic carbocycles. The van der Waals surface area contributed by atoms with E-state index in [1.807, 2.05) is 5.32 Å². The Morgan fingerprint density at radius 3 is 2.21 bits per heavy atom. The van der Waals surface area contributed by atoms with Crippen LogP contribution in [0.2, 0.25) is 0 Å². The fraction of sp³-hybridized carbons (Fsp3) is 0.818. The van der Waals surface area contributed by atoms with Crippen molar-refractivity contribution in [1.82, 2.24) is 10.4 Å². The summed E-state index contributed by atoms with van der Waals surface area (Å²) in [6.45, 7) is 3.34. The first-order valence-corrected chi connectivity index (χ1v) is 5.78. The fourth-order valence-corrected chi connectivity index (χ4v) is 1.36. The number of carbonyl (C=O) groups is 2. The highest BCUT2D eigenvalue weighted by molar-refractivity contribution is 5.82. The van der Waals surface area contributed by atoms with Gasteiger partial charge in [-0.1, -0.05) is 13.8 Å². The Hall–Kier alpha value is -1.31. The number of alkyl halides is 3. The van der Waals surface area contributed by atoms with Crippen molar-refractivity contribution in [2.45, 2.75) is 38.9 Å². The predicted octanol–water partition coefficient (Wildman–Crippen LogP) is 1.49. The van der Waals surface area contributed by atoms with E-state index >= 15 is 0 Å². The summed E-state index contributed by atoms with van der Waals surface area (Å²) in [5.74, 6) is -2.57. The summed E-state index contributed by atoms with van der Waals surface area (Å²) in [5, 5.41) is 2.88. The van der Waals surface area contributed by atoms with E-state index in [-0.39, 0.29) is 24.7 Å². The standard InChI is InChI=1S/C11H19F3N2O3/c1-7(2)8(15-10(18)11(12,13)14)5-6-9(17)16(3)19-4/h7-8H,5-6H2,1-4H3,(H,15,18)/t8-/m1/s1. The molecule has 5 nitrogen and oxygen atoms in total. The van der Waals surface area contributed by atoms with E-state index in [0.29, 0.717) is 0 Å². The van der Waals surface area contributed by atoms with Gasteiger partial charge >= 0.3 is 12.1 Å². The zero-order valence-corrected chi connectivity index (χ0v) is 11.4. The molecule has 19 heavy (non-hydrogen) atoms. The highest BCUT2D eigenvalue weighted by Crippen LogP contribution is 2.17. The van der Waals surface area contributed by atoms with E-state index in [9.17, 15) is 22.8 Å². The molecule has 0 spiro atoms. The normalized spacial score (nSPS) is 13.3. The van der Waals surface area contributed by atoms with Crippen molar-refractivity contribution >= 4 is 11.8 Å². The lowest BCUT2D eigenvalue weighted by Gasteiger charge is -2.23. The maximum atomic E-state index is 12.1. The van der Waals surface area contributed by atoms with Crippen molar-refractivity contribution in [3.63, 3.8) is 0 Å². The highest BCUT2D eigenvalue weighted by Gasteiger charge is 2.40. The minimum Gasteiger partial charge on any atom is -0.345 e. The second-order valence-electron chi connectivity index (χ2n) is 4.43. The topological polar surface area (TPSA) is 58.6 Å². The van der Waals surface area contributed by atoms with Crippen molar-refractivity contribution in [2.75, 3.05) is 14.2 Å². The van der Waals surface area contributed by atoms with E-state index in [1.165, 1.54) is 14.2 Å². The van der Waals surface area contributed by atoms with E-state index in [2.05, 4.69) is 4.84 Å². The minimum absolute atomic E-state index is 0.00861. The van der Waals surface area contributed by atoms with Crippen LogP contribution < -0.4 is 5.32 Å². The summed E-state index contributed by atoms with van der Waals surface area (Å²) in [6, 6.07) is -0.719. The highest BCUT2D eigenvalue weighted by atomic mass is 19.4. The zero-order chi connectivity index (χ0) is 15.2. The van der Waals surface area contributed by atoms with Crippen LogP contribution in [0.4, 0.5) is 13.2 Å². The molecule has 0 aromatic rings. The maximum Gasteiger partial charge on any atom is 0.471 e. The van der Waals surface area contributed by atoms with Crippen LogP contribution in [0.25, 0.3) is 0 Å². The summed E-state index contributed by atoms with van der Waals surface area (Å²) in [5.41, 5.74) is 0. The average molecular weight is 284 g/mol. The minimum atomic E-state index is -4.92. The molecule has 0 rings (SSSR count). The summed E-state index contributed by atoms with van der Waals surface area (Å²) in [7, 11) is 2.71. The van der Waals surface area contributed by atoms with Gasteiger partial charge in [0.1, 0.15) is 0 Å². The Kier molecular flexibility index (Phi) is 6.82. The number of carbonyl (C=O) groups excluding carboxylic acids is 2. The van der Waals surface area contributed by atoms with Gasteiger partial charge < -0.3 is 5.32 Å². The summed E-state index contributed by atoms with van der Waals surface area (Å²) >= 11 is 0. The van der Waals surface area contributed by atoms with Gasteiger partial charge in [0.25, 0.3) is 0 Å². The molecular weight excluding hydrogens is 265 g/mol. The quantitative estimate of drug-likeness (QED) is 0.752. The molecule has 0 aliphatic rings. The van der Waals surface area contributed by atoms with Gasteiger partial charge in [-0.25, -0.2) is 5.06 Å². The molecule has 0 aliphatic heterocycles. The molecule has 0 saturated carbocycles. The molecule has 0 saturated heterocycles. The Balaban J connectivity index is 4.44. The molecule has 8 heteroatoms. The lowest BCUT2D eigenvalue weighted by Crippen LogP contribution is -2.45. The van der Waals surface area contributed by atoms with Crippen LogP contribution in [-0.2, 0) is 14.4 Å². The monoisotopic (exact) mass is 284 g/mol. The molecule has 0 unspecified atom stereocenters. The number of halogens is 3. The van der Waals surface area contributed by atoms with Gasteiger partial charge in [-0.05, 0) is 12.3 Å². The molecule has 0 bridgehead atoms. The van der Waals surface area contributed by atoms with Crippen molar-refractivity contribution in [3.05, 3.63) is 0 Å². The summed E-state index contributed by atoms with van der Waals surface area (Å²) in [4.78, 5) is 27.0. The number of hydroxylamine groups is 2. The molecule has 1 atom stereocenters. The van der Waals surface area contributed by atoms with Crippen LogP contribution in [0.1, 0.15) is 26.7 Å². The molecule has 0 fully saturated rings. The van der Waals surface area contributed by atoms with Gasteiger partial charge in [-0.3, -0.25) is 14.4 Å². The third-order valence-electron chi connectivity index (χ3n) is 2.67. The molecule has 0 aromatic heterocycles. The van der Waals surface area contributed by atoms with Crippen molar-refractivity contribution < 1.29 is 27.6 Å². The van der Waals surface area contributed by atoms with Crippen LogP contribution in [0.15, 0.2) is 0 Å². The third kappa shape index (κ3) is 6.42. The molecular formula is C11H19F3N2O3. The Labute approximate surface area is 110 Å². The van der Waals surface area contributed by atoms with Gasteiger partial charge in [0.2, 0.25) is 5.91 Å². The van der Waals surface area contributed by atoms with E-state index in [0.717, 1.165) is 5.06 Å². The van der Waals surface area contributed by atoms with Gasteiger partial charge in [0, 0.05) is 19.5 Å². The Morgan fingerprint density at radius 2 is 1.84 bits per heavy atom. The number of hydrogen-bond acceptors (Lipinski definition) is 3. The molecule has 0 aromatic carbocycles. The van der Waals surface area contributed by atoms with Crippen molar-refractivity contribution in [2.24, 2.45) is 5.92 Å². The van der Waals surface area contributed by atoms with Crippen LogP contribution >= 0.6 is 0 Å². The summed E-state index contributed by atoms with van der Waals surface area (Å²) in [6.07, 6.45) is -4.81. The SMILES string of the molecule is CON(C)C(=O)CC[C@@H](NC(=O)C(F)(F)F)C(C)C. The molecule has 0 radical (unpaired) electrons. The van der Waals surface area contributed by atoms with Gasteiger partial charge in [0.05, 0.1) is 7.11 Å². The molecule has 1 N–H and O–H groups in total. The van der Waals surface area contributed by atoms with Gasteiger partial charge in [0.15, 0.2) is 0 Å². The van der Waals surface area contributed by atoms with E-state index < -0.39 is 18.1 Å². The first kappa shape index (κ1) is 17.7. The molecule has 2 amide bonds. The lowest BCUT2D eigenvalue weighted by atomic mass is 9.99. The largest absolute Gasteiger partial charge is 0.471 e. The smallest absolute Gasteiger partial charge is 0.345 e. The summed E-state index contributed by atoms with van der Waals surface area (Å²) < 4.78 is 36.4. The zero-order valence-electron chi connectivity index (χ0n) is 11.4. The van der Waals surface area contributed by atoms with Crippen LogP contribution in [0.3, 0.4) is 0 Å². The number of nitrogens with one attached hydrogen (secondary N) is 1. The lowest BCUT2D eigenvalue weighted by molar-refractivity contribution is -0.175. The average Bonchev–Trinajstić information content (AvgIpc) is 2.30. The molecule has 112 valence electrons. The molecule has 0 heterocycles. The first-order chi connectivity index (χ1) is 8.59. The first-order valence-electron chi connectivity index (χ1n) is 5.78. The van der Waals surface area contributed by atoms with Crippen molar-refractivity contribution in [3.8, 4) is 0 Å². The predicted molar refractivity (Wildman–Crippen MR) is 61.8 cm³/mol. The Bertz CT molecular complexity index is 319. The second-order valence-corrected chi connectivity index (χ2v) is 4.43. The second kappa shape index (κ2) is 7.32. The van der Waals surface area contributed by atoms with Gasteiger partial charge in [-0.2, -0.15) is 13.2 Å². The van der Waals surface area contributed by atoms with Gasteiger partial charge in [-0.15, -0.1) is 0 Å². The van der Waals surface area contributed by atoms with Crippen molar-refractivity contribution in [1.29, 1.82) is 0 Å². The van der Waals surface area contributed by atoms with Crippen LogP contribution in [-0.4, -0.2) is 43.3 Å². The van der Waals surface area contributed by atoms with E-state index in [4.69, 9.17) is 0 Å². The number of rotatable bonds is 6. The Morgan fingerprint density at radius 1 is 1.32 bits per heavy atom. The van der Waals surface area contributed by atoms with Crippen LogP contribution in [0.5, 0.6) is 0 Å². The number of nitrogens with zero attached hydrogens (tertiary/aromatic N) is 1. The number of amides is 2. The fourth-order valence-electron chi connectivity index (χ4n) is 1.36.